The first-order chi connectivity index (χ1) is 21.1. The second-order valence-electron chi connectivity index (χ2n) is 10.5. The molecule has 0 radical (unpaired) electrons. The highest BCUT2D eigenvalue weighted by atomic mass is 35.5. The fourth-order valence-corrected chi connectivity index (χ4v) is 6.20. The van der Waals surface area contributed by atoms with Gasteiger partial charge in [-0.05, 0) is 73.0 Å². The Kier molecular flexibility index (Phi) is 11.1. The van der Waals surface area contributed by atoms with Crippen LogP contribution in [0.1, 0.15) is 31.4 Å². The Labute approximate surface area is 263 Å². The van der Waals surface area contributed by atoms with Crippen LogP contribution in [0.5, 0.6) is 0 Å². The van der Waals surface area contributed by atoms with Crippen LogP contribution >= 0.6 is 11.6 Å². The van der Waals surface area contributed by atoms with E-state index >= 15 is 0 Å². The SMILES string of the molecule is CC[C@H](C)NC(=O)[C@@H](Cc1ccccc1)N(Cc1ccc(Cl)cc1)C(=O)CN(c1ccc(F)cc1)S(=O)(=O)c1ccccc1. The second kappa shape index (κ2) is 15.0. The van der Waals surface area contributed by atoms with Gasteiger partial charge in [-0.2, -0.15) is 0 Å². The molecule has 10 heteroatoms. The van der Waals surface area contributed by atoms with E-state index in [1.165, 1.54) is 29.2 Å². The minimum Gasteiger partial charge on any atom is -0.352 e. The lowest BCUT2D eigenvalue weighted by molar-refractivity contribution is -0.140. The van der Waals surface area contributed by atoms with Gasteiger partial charge < -0.3 is 10.2 Å². The number of halogens is 2. The number of nitrogens with zero attached hydrogens (tertiary/aromatic N) is 2. The first kappa shape index (κ1) is 32.7. The number of sulfonamides is 1. The van der Waals surface area contributed by atoms with E-state index in [0.717, 1.165) is 22.0 Å². The summed E-state index contributed by atoms with van der Waals surface area (Å²) in [6, 6.07) is 27.7. The Balaban J connectivity index is 1.79. The summed E-state index contributed by atoms with van der Waals surface area (Å²) < 4.78 is 42.7. The second-order valence-corrected chi connectivity index (χ2v) is 12.8. The molecule has 1 N–H and O–H groups in total. The summed E-state index contributed by atoms with van der Waals surface area (Å²) in [6.45, 7) is 3.22. The van der Waals surface area contributed by atoms with Crippen molar-refractivity contribution in [3.63, 3.8) is 0 Å². The molecular formula is C34H35ClFN3O4S. The van der Waals surface area contributed by atoms with Gasteiger partial charge in [-0.25, -0.2) is 12.8 Å². The van der Waals surface area contributed by atoms with E-state index in [1.54, 1.807) is 42.5 Å². The summed E-state index contributed by atoms with van der Waals surface area (Å²) >= 11 is 6.12. The summed E-state index contributed by atoms with van der Waals surface area (Å²) in [6.07, 6.45) is 0.882. The Morgan fingerprint density at radius 1 is 0.841 bits per heavy atom. The fourth-order valence-electron chi connectivity index (χ4n) is 4.64. The molecule has 0 bridgehead atoms. The highest BCUT2D eigenvalue weighted by Crippen LogP contribution is 2.25. The molecule has 2 amide bonds. The minimum atomic E-state index is -4.26. The van der Waals surface area contributed by atoms with Gasteiger partial charge in [-0.15, -0.1) is 0 Å². The van der Waals surface area contributed by atoms with Crippen LogP contribution in [0.3, 0.4) is 0 Å². The molecule has 0 saturated carbocycles. The van der Waals surface area contributed by atoms with Gasteiger partial charge in [0.1, 0.15) is 18.4 Å². The number of carbonyl (C=O) groups excluding carboxylic acids is 2. The van der Waals surface area contributed by atoms with Crippen molar-refractivity contribution in [2.45, 2.75) is 50.2 Å². The normalized spacial score (nSPS) is 12.6. The Morgan fingerprint density at radius 3 is 2.02 bits per heavy atom. The topological polar surface area (TPSA) is 86.8 Å². The summed E-state index contributed by atoms with van der Waals surface area (Å²) in [5.41, 5.74) is 1.65. The molecule has 0 heterocycles. The number of benzene rings is 4. The van der Waals surface area contributed by atoms with Crippen LogP contribution in [-0.2, 0) is 32.6 Å². The molecule has 2 atom stereocenters. The van der Waals surface area contributed by atoms with Crippen molar-refractivity contribution in [1.82, 2.24) is 10.2 Å². The molecule has 7 nitrogen and oxygen atoms in total. The van der Waals surface area contributed by atoms with E-state index in [2.05, 4.69) is 5.32 Å². The number of amides is 2. The highest BCUT2D eigenvalue weighted by molar-refractivity contribution is 7.92. The van der Waals surface area contributed by atoms with Gasteiger partial charge in [0, 0.05) is 24.0 Å². The molecule has 0 aliphatic rings. The first-order valence-corrected chi connectivity index (χ1v) is 16.1. The maximum Gasteiger partial charge on any atom is 0.264 e. The van der Waals surface area contributed by atoms with E-state index in [9.17, 15) is 22.4 Å². The van der Waals surface area contributed by atoms with E-state index < -0.39 is 34.3 Å². The number of anilines is 1. The van der Waals surface area contributed by atoms with Gasteiger partial charge in [0.25, 0.3) is 10.0 Å². The molecule has 44 heavy (non-hydrogen) atoms. The van der Waals surface area contributed by atoms with Crippen molar-refractivity contribution in [2.24, 2.45) is 0 Å². The Bertz CT molecular complexity index is 1640. The lowest BCUT2D eigenvalue weighted by Gasteiger charge is -2.34. The molecule has 0 aliphatic carbocycles. The molecule has 0 unspecified atom stereocenters. The molecular weight excluding hydrogens is 601 g/mol. The zero-order valence-corrected chi connectivity index (χ0v) is 26.1. The van der Waals surface area contributed by atoms with Gasteiger partial charge in [0.05, 0.1) is 10.6 Å². The highest BCUT2D eigenvalue weighted by Gasteiger charge is 2.35. The molecule has 230 valence electrons. The minimum absolute atomic E-state index is 0.0179. The zero-order chi connectivity index (χ0) is 31.7. The predicted octanol–water partition coefficient (Wildman–Crippen LogP) is 6.23. The zero-order valence-electron chi connectivity index (χ0n) is 24.6. The number of rotatable bonds is 13. The molecule has 0 spiro atoms. The van der Waals surface area contributed by atoms with Crippen LogP contribution in [0.4, 0.5) is 10.1 Å². The van der Waals surface area contributed by atoms with Crippen LogP contribution in [0.2, 0.25) is 5.02 Å². The Morgan fingerprint density at radius 2 is 1.43 bits per heavy atom. The molecule has 4 rings (SSSR count). The lowest BCUT2D eigenvalue weighted by Crippen LogP contribution is -2.54. The molecule has 0 saturated heterocycles. The maximum absolute atomic E-state index is 14.4. The summed E-state index contributed by atoms with van der Waals surface area (Å²) in [4.78, 5) is 29.6. The van der Waals surface area contributed by atoms with Gasteiger partial charge in [0.2, 0.25) is 11.8 Å². The van der Waals surface area contributed by atoms with Crippen molar-refractivity contribution in [2.75, 3.05) is 10.8 Å². The Hall–Kier alpha value is -4.21. The van der Waals surface area contributed by atoms with E-state index in [-0.39, 0.29) is 35.5 Å². The van der Waals surface area contributed by atoms with Gasteiger partial charge in [0.15, 0.2) is 0 Å². The third-order valence-corrected chi connectivity index (χ3v) is 9.30. The average molecular weight is 636 g/mol. The van der Waals surface area contributed by atoms with Gasteiger partial charge in [-0.1, -0.05) is 79.2 Å². The lowest BCUT2D eigenvalue weighted by atomic mass is 10.0. The molecule has 4 aromatic carbocycles. The van der Waals surface area contributed by atoms with Gasteiger partial charge in [-0.3, -0.25) is 13.9 Å². The smallest absolute Gasteiger partial charge is 0.264 e. The van der Waals surface area contributed by atoms with Crippen LogP contribution < -0.4 is 9.62 Å². The maximum atomic E-state index is 14.4. The fraction of sp³-hybridized carbons (Fsp3) is 0.235. The van der Waals surface area contributed by atoms with Crippen LogP contribution in [-0.4, -0.2) is 43.8 Å². The van der Waals surface area contributed by atoms with Crippen molar-refractivity contribution in [3.05, 3.63) is 131 Å². The molecule has 4 aromatic rings. The average Bonchev–Trinajstić information content (AvgIpc) is 3.03. The van der Waals surface area contributed by atoms with Crippen molar-refractivity contribution in [3.8, 4) is 0 Å². The number of hydrogen-bond acceptors (Lipinski definition) is 4. The van der Waals surface area contributed by atoms with Crippen molar-refractivity contribution < 1.29 is 22.4 Å². The summed E-state index contributed by atoms with van der Waals surface area (Å²) in [7, 11) is -4.26. The van der Waals surface area contributed by atoms with Crippen molar-refractivity contribution >= 4 is 39.1 Å². The standard InChI is InChI=1S/C34H35ClFN3O4S/c1-3-25(2)37-34(41)32(22-26-10-6-4-7-11-26)38(23-27-14-16-28(35)17-15-27)33(40)24-39(30-20-18-29(36)19-21-30)44(42,43)31-12-8-5-9-13-31/h4-21,25,32H,3,22-24H2,1-2H3,(H,37,41)/t25-,32+/m0/s1. The van der Waals surface area contributed by atoms with Crippen LogP contribution in [0, 0.1) is 5.82 Å². The molecule has 0 fully saturated rings. The molecule has 0 aliphatic heterocycles. The monoisotopic (exact) mass is 635 g/mol. The third-order valence-electron chi connectivity index (χ3n) is 7.26. The van der Waals surface area contributed by atoms with E-state index in [1.807, 2.05) is 44.2 Å². The summed E-state index contributed by atoms with van der Waals surface area (Å²) in [5, 5.41) is 3.51. The number of nitrogens with one attached hydrogen (secondary N) is 1. The molecule has 0 aromatic heterocycles. The first-order valence-electron chi connectivity index (χ1n) is 14.3. The van der Waals surface area contributed by atoms with Crippen LogP contribution in [0.25, 0.3) is 0 Å². The largest absolute Gasteiger partial charge is 0.352 e. The number of hydrogen-bond donors (Lipinski definition) is 1. The quantitative estimate of drug-likeness (QED) is 0.189. The van der Waals surface area contributed by atoms with Gasteiger partial charge >= 0.3 is 0 Å². The van der Waals surface area contributed by atoms with E-state index in [0.29, 0.717) is 17.0 Å². The van der Waals surface area contributed by atoms with E-state index in [4.69, 9.17) is 11.6 Å². The third kappa shape index (κ3) is 8.45. The number of carbonyl (C=O) groups is 2. The van der Waals surface area contributed by atoms with Crippen LogP contribution in [0.15, 0.2) is 114 Å². The van der Waals surface area contributed by atoms with Crippen molar-refractivity contribution in [1.29, 1.82) is 0 Å². The predicted molar refractivity (Wildman–Crippen MR) is 171 cm³/mol. The summed E-state index contributed by atoms with van der Waals surface area (Å²) in [5.74, 6) is -1.51.